The van der Waals surface area contributed by atoms with Gasteiger partial charge < -0.3 is 38.5 Å². The van der Waals surface area contributed by atoms with Crippen molar-refractivity contribution in [2.75, 3.05) is 55.2 Å². The number of aromatic nitrogens is 6. The van der Waals surface area contributed by atoms with Gasteiger partial charge in [-0.05, 0) is 209 Å². The Morgan fingerprint density at radius 3 is 1.15 bits per heavy atom. The van der Waals surface area contributed by atoms with Crippen LogP contribution in [0.2, 0.25) is 0 Å². The predicted molar refractivity (Wildman–Crippen MR) is 411 cm³/mol. The van der Waals surface area contributed by atoms with E-state index in [2.05, 4.69) is 176 Å². The molecule has 3 saturated heterocycles. The minimum Gasteiger partial charge on any atom is -0.365 e. The van der Waals surface area contributed by atoms with Crippen molar-refractivity contribution in [1.82, 2.24) is 44.5 Å². The van der Waals surface area contributed by atoms with Crippen LogP contribution in [-0.4, -0.2) is 120 Å². The summed E-state index contributed by atoms with van der Waals surface area (Å²) in [6.07, 6.45) is 25.9. The maximum atomic E-state index is 12.3. The average Bonchev–Trinajstić information content (AvgIpc) is 1.16. The van der Waals surface area contributed by atoms with E-state index in [1.54, 1.807) is 44.8 Å². The molecule has 25 nitrogen and oxygen atoms in total. The molecule has 6 amide bonds. The molecule has 0 unspecified atom stereocenters. The van der Waals surface area contributed by atoms with Crippen LogP contribution in [0, 0.1) is 94.9 Å². The molecule has 0 spiro atoms. The number of piperidine rings is 3. The van der Waals surface area contributed by atoms with Crippen molar-refractivity contribution in [2.24, 2.45) is 46.8 Å². The molecule has 8 aliphatic rings. The summed E-state index contributed by atoms with van der Waals surface area (Å²) < 4.78 is 7.41. The zero-order valence-corrected chi connectivity index (χ0v) is 63.1. The third kappa shape index (κ3) is 22.0. The molecule has 3 aliphatic heterocycles. The van der Waals surface area contributed by atoms with E-state index in [0.717, 1.165) is 138 Å². The summed E-state index contributed by atoms with van der Waals surface area (Å²) in [7, 11) is 0. The monoisotopic (exact) mass is 1650 g/mol. The molecule has 5 aliphatic carbocycles. The minimum absolute atomic E-state index is 0. The lowest BCUT2D eigenvalue weighted by Crippen LogP contribution is -2.46. The summed E-state index contributed by atoms with van der Waals surface area (Å²) in [5, 5.41) is 53.2. The first-order chi connectivity index (χ1) is 49.7. The Hall–Kier alpha value is -9.00. The van der Waals surface area contributed by atoms with Gasteiger partial charge in [0, 0.05) is 106 Å². The molecule has 5 saturated carbocycles. The zero-order chi connectivity index (χ0) is 73.3. The van der Waals surface area contributed by atoms with E-state index in [9.17, 15) is 49.3 Å². The lowest BCUT2D eigenvalue weighted by Gasteiger charge is -2.40. The van der Waals surface area contributed by atoms with E-state index < -0.39 is 34.3 Å². The molecule has 544 valence electrons. The topological polar surface area (TPSA) is 377 Å². The Kier molecular flexibility index (Phi) is 27.9. The molecule has 6 heterocycles. The highest BCUT2D eigenvalue weighted by molar-refractivity contribution is 14.1. The zero-order valence-electron chi connectivity index (χ0n) is 58.0. The molecule has 3 aromatic heterocycles. The molecule has 10 N–H and O–H groups in total. The number of hydrogen-bond donors (Lipinski definition) is 7. The van der Waals surface area contributed by atoms with Gasteiger partial charge in [0.2, 0.25) is 17.7 Å². The van der Waals surface area contributed by atoms with Crippen LogP contribution in [0.1, 0.15) is 180 Å². The highest BCUT2D eigenvalue weighted by Crippen LogP contribution is 2.40. The first kappa shape index (κ1) is 79.1. The summed E-state index contributed by atoms with van der Waals surface area (Å²) in [5.74, 6) is 8.71. The number of benzene rings is 3. The SMILES string of the molecule is C#CC1CC1.Cl.N#CCC1(n2cc(C(N)=O)c(NC(=O)C3CC3)n2)CCN(Cc2ccc(C#CC3CC3)cc2)CC1.N#CCC1(n2cc(C(N)=O)c(NC(=O)C3CC3)n2)CCN(Cc2ccc(I)cc2)CC1.N#CCC1(n2cc(C(N)=O)c(NC(=O)C3CC3)n2)CCNCC1.O=Cc1ccc(I)cc1. The summed E-state index contributed by atoms with van der Waals surface area (Å²) in [6, 6.07) is 31.1. The smallest absolute Gasteiger partial charge is 0.254 e. The van der Waals surface area contributed by atoms with E-state index >= 15 is 0 Å². The quantitative estimate of drug-likeness (QED) is 0.0212. The van der Waals surface area contributed by atoms with Crippen LogP contribution in [-0.2, 0) is 44.1 Å². The largest absolute Gasteiger partial charge is 0.365 e. The average molecular weight is 1650 g/mol. The van der Waals surface area contributed by atoms with Crippen LogP contribution in [0.25, 0.3) is 0 Å². The van der Waals surface area contributed by atoms with Crippen LogP contribution in [0.5, 0.6) is 0 Å². The molecule has 8 fully saturated rings. The molecule has 28 heteroatoms. The van der Waals surface area contributed by atoms with E-state index in [4.69, 9.17) is 23.6 Å². The lowest BCUT2D eigenvalue weighted by molar-refractivity contribution is -0.118. The number of carbonyl (C=O) groups excluding carboxylic acids is 7. The predicted octanol–water partition coefficient (Wildman–Crippen LogP) is 9.72. The molecule has 14 rings (SSSR count). The molecule has 0 radical (unpaired) electrons. The van der Waals surface area contributed by atoms with Crippen molar-refractivity contribution < 1.29 is 33.6 Å². The number of halogens is 3. The summed E-state index contributed by atoms with van der Waals surface area (Å²) in [6.45, 7) is 6.43. The number of rotatable bonds is 20. The Bertz CT molecular complexity index is 4280. The Balaban J connectivity index is 0.000000166. The molecular formula is C76H87ClI2N18O7. The number of primary amides is 3. The highest BCUT2D eigenvalue weighted by atomic mass is 127. The molecule has 6 aromatic rings. The summed E-state index contributed by atoms with van der Waals surface area (Å²) in [4.78, 5) is 87.0. The van der Waals surface area contributed by atoms with Crippen molar-refractivity contribution in [3.8, 4) is 42.4 Å². The second-order valence-electron chi connectivity index (χ2n) is 27.8. The van der Waals surface area contributed by atoms with E-state index in [1.807, 2.05) is 12.1 Å². The van der Waals surface area contributed by atoms with Crippen LogP contribution in [0.4, 0.5) is 17.5 Å². The number of terminal acetylenes is 1. The van der Waals surface area contributed by atoms with Crippen molar-refractivity contribution in [1.29, 1.82) is 15.8 Å². The Morgan fingerprint density at radius 2 is 0.856 bits per heavy atom. The van der Waals surface area contributed by atoms with Gasteiger partial charge in [0.25, 0.3) is 17.7 Å². The second-order valence-corrected chi connectivity index (χ2v) is 30.3. The van der Waals surface area contributed by atoms with Crippen LogP contribution in [0.15, 0.2) is 91.4 Å². The third-order valence-electron chi connectivity index (χ3n) is 19.8. The lowest BCUT2D eigenvalue weighted by atomic mass is 9.84. The van der Waals surface area contributed by atoms with E-state index in [1.165, 1.54) is 40.4 Å². The number of aldehydes is 1. The number of nitrogens with one attached hydrogen (secondary N) is 4. The molecule has 3 aromatic carbocycles. The molecule has 104 heavy (non-hydrogen) atoms. The first-order valence-electron chi connectivity index (χ1n) is 35.1. The van der Waals surface area contributed by atoms with Gasteiger partial charge in [-0.25, -0.2) is 0 Å². The van der Waals surface area contributed by atoms with Crippen molar-refractivity contribution >= 4 is 117 Å². The van der Waals surface area contributed by atoms with Crippen molar-refractivity contribution in [3.63, 3.8) is 0 Å². The number of nitrogens with two attached hydrogens (primary N) is 3. The van der Waals surface area contributed by atoms with Crippen LogP contribution in [0.3, 0.4) is 0 Å². The maximum Gasteiger partial charge on any atom is 0.254 e. The standard InChI is InChI=1S/C27H30N6O2.C22H25IN6O2.C15H20N6O2.C7H5IO.C5H6.ClH/c28-14-11-27(33-18-23(24(29)34)25(31-33)30-26(35)22-9-10-22)12-15-32(16-13-27)17-21-7-5-20(6-8-21)4-3-19-1-2-19;23-17-5-1-15(2-6-17)13-28-11-8-22(7-10-24,9-12-28)29-14-18(19(25)30)20(27-29)26-21(31)16-3-4-16;16-6-3-15(4-7-18-8-5-15)21-9-11(12(17)22)13(20-21)19-14(23)10-1-2-10;8-7-3-1-6(5-9)2-4-7;1-2-5-3-4-5;/h5-8,18-19,22H,1-2,9-13,15-17H2,(H2,29,34)(H,30,31,35);1-2,5-6,14,16H,3-4,7-9,11-13H2,(H2,25,30)(H,26,27,31);9-10,18H,1-5,7-8H2,(H2,17,22)(H,19,20,23);1-5H;1,5H,3-4H2;1H. The molecule has 0 atom stereocenters. The molecular weight excluding hydrogens is 1570 g/mol. The summed E-state index contributed by atoms with van der Waals surface area (Å²) in [5.41, 5.74) is 19.8. The van der Waals surface area contributed by atoms with E-state index in [0.29, 0.717) is 31.1 Å². The van der Waals surface area contributed by atoms with Crippen LogP contribution >= 0.6 is 57.6 Å². The van der Waals surface area contributed by atoms with Gasteiger partial charge in [-0.2, -0.15) is 31.1 Å². The number of nitriles is 3. The van der Waals surface area contributed by atoms with Gasteiger partial charge in [0.1, 0.15) is 23.0 Å². The third-order valence-corrected chi connectivity index (χ3v) is 21.2. The highest BCUT2D eigenvalue weighted by Gasteiger charge is 2.42. The number of amides is 6. The number of likely N-dealkylation sites (tertiary alicyclic amines) is 2. The van der Waals surface area contributed by atoms with Crippen molar-refractivity contribution in [3.05, 3.63) is 137 Å². The number of anilines is 3. The first-order valence-corrected chi connectivity index (χ1v) is 37.2. The van der Waals surface area contributed by atoms with E-state index in [-0.39, 0.29) is 94.9 Å². The fraction of sp³-hybridized carbons (Fsp3) is 0.461. The van der Waals surface area contributed by atoms with Gasteiger partial charge in [-0.15, -0.1) is 24.8 Å². The van der Waals surface area contributed by atoms with Crippen LogP contribution < -0.4 is 38.5 Å². The van der Waals surface area contributed by atoms with Gasteiger partial charge in [-0.1, -0.05) is 48.2 Å². The molecule has 0 bridgehead atoms. The summed E-state index contributed by atoms with van der Waals surface area (Å²) >= 11 is 4.49. The number of nitrogens with zero attached hydrogens (tertiary/aromatic N) is 11. The Morgan fingerprint density at radius 1 is 0.519 bits per heavy atom. The van der Waals surface area contributed by atoms with Gasteiger partial charge in [0.05, 0.1) is 54.1 Å². The number of carbonyl (C=O) groups is 7. The fourth-order valence-electron chi connectivity index (χ4n) is 12.4. The van der Waals surface area contributed by atoms with Gasteiger partial charge >= 0.3 is 0 Å². The Labute approximate surface area is 639 Å². The second kappa shape index (κ2) is 36.6. The number of hydrogen-bond acceptors (Lipinski definition) is 16. The van der Waals surface area contributed by atoms with Gasteiger partial charge in [-0.3, -0.25) is 57.4 Å². The fourth-order valence-corrected chi connectivity index (χ4v) is 13.1. The maximum absolute atomic E-state index is 12.3. The van der Waals surface area contributed by atoms with Gasteiger partial charge in [0.15, 0.2) is 17.5 Å². The van der Waals surface area contributed by atoms with Crippen molar-refractivity contribution in [2.45, 2.75) is 152 Å². The normalized spacial score (nSPS) is 18.1. The minimum atomic E-state index is -0.642.